The summed E-state index contributed by atoms with van der Waals surface area (Å²) in [5, 5.41) is 19.8. The van der Waals surface area contributed by atoms with Crippen molar-refractivity contribution in [3.8, 4) is 100 Å². The van der Waals surface area contributed by atoms with E-state index in [1.807, 2.05) is 38.1 Å². The Morgan fingerprint density at radius 2 is 0.760 bits per heavy atom. The number of allylic oxidation sites excluding steroid dienone is 2. The smallest absolute Gasteiger partial charge is 0.159 e. The highest BCUT2D eigenvalue weighted by Crippen LogP contribution is 2.49. The summed E-state index contributed by atoms with van der Waals surface area (Å²) < 4.78 is 13.2. The highest BCUT2D eigenvalue weighted by molar-refractivity contribution is 6.16. The van der Waals surface area contributed by atoms with E-state index in [1.165, 1.54) is 6.08 Å². The number of hydrogen-bond acceptors (Lipinski definition) is 6. The largest absolute Gasteiger partial charge is 0.512 e. The molecular formula is C90H68N2O4. The first-order valence-corrected chi connectivity index (χ1v) is 33.3. The Labute approximate surface area is 558 Å². The third-order valence-corrected chi connectivity index (χ3v) is 19.5. The molecule has 16 rings (SSSR count). The van der Waals surface area contributed by atoms with Crippen LogP contribution in [0.3, 0.4) is 0 Å². The van der Waals surface area contributed by atoms with Crippen molar-refractivity contribution in [3.63, 3.8) is 0 Å². The number of pyridine rings is 2. The molecule has 0 aliphatic heterocycles. The average molecular weight is 1240 g/mol. The summed E-state index contributed by atoms with van der Waals surface area (Å²) in [4.78, 5) is 24.3. The molecule has 0 saturated carbocycles. The summed E-state index contributed by atoms with van der Waals surface area (Å²) in [6.07, 6.45) is 3.72. The number of nitrogens with zero attached hydrogens (tertiary/aromatic N) is 2. The number of carbonyl (C=O) groups is 1. The van der Waals surface area contributed by atoms with Crippen LogP contribution in [0.2, 0.25) is 0 Å². The minimum absolute atomic E-state index is 0.0496. The molecule has 0 fully saturated rings. The standard InChI is InChI=1S/C90H68N2O4/c1-5-57(6-2)84(94)54-66(93)44-41-58-23-7-12-28-69(58)63-47-64(70-29-13-15-31-72(70)74-45-42-61(82-52-59-24-8-10-26-67(59)55(3)91-82)50-80(74)76-35-21-39-87-89(76)78-33-17-19-37-85(78)95-87)49-65(48-63)71-30-14-16-32-73(71)75-46-43-62(83-53-60-25-9-11-27-68(60)56(4)92-83)51-81(75)77-36-22-40-88-90(77)79-34-18-20-38-86(79)96-88/h7-40,42-43,45-54,57,94H,5-6,41,44H2,1-4H3/b84-54-. The number of aromatic nitrogens is 2. The molecule has 0 aliphatic carbocycles. The molecule has 1 N–H and O–H groups in total. The molecule has 0 bridgehead atoms. The monoisotopic (exact) mass is 1240 g/mol. The number of aryl methyl sites for hydroxylation is 3. The van der Waals surface area contributed by atoms with Gasteiger partial charge in [0, 0.05) is 73.2 Å². The van der Waals surface area contributed by atoms with Crippen LogP contribution in [0.4, 0.5) is 0 Å². The van der Waals surface area contributed by atoms with Crippen LogP contribution in [0, 0.1) is 19.8 Å². The van der Waals surface area contributed by atoms with Gasteiger partial charge in [0.2, 0.25) is 0 Å². The van der Waals surface area contributed by atoms with E-state index in [2.05, 4.69) is 263 Å². The van der Waals surface area contributed by atoms with Crippen LogP contribution >= 0.6 is 0 Å². The quantitative estimate of drug-likeness (QED) is 0.0766. The molecule has 6 nitrogen and oxygen atoms in total. The third-order valence-electron chi connectivity index (χ3n) is 19.5. The van der Waals surface area contributed by atoms with Crippen molar-refractivity contribution < 1.29 is 18.7 Å². The molecule has 0 saturated heterocycles. The van der Waals surface area contributed by atoms with Crippen molar-refractivity contribution in [2.24, 2.45) is 5.92 Å². The molecule has 462 valence electrons. The van der Waals surface area contributed by atoms with Gasteiger partial charge in [0.05, 0.1) is 17.1 Å². The lowest BCUT2D eigenvalue weighted by Crippen LogP contribution is -2.05. The summed E-state index contributed by atoms with van der Waals surface area (Å²) in [6, 6.07) is 97.5. The summed E-state index contributed by atoms with van der Waals surface area (Å²) >= 11 is 0. The van der Waals surface area contributed by atoms with Gasteiger partial charge < -0.3 is 13.9 Å². The molecule has 12 aromatic carbocycles. The highest BCUT2D eigenvalue weighted by Gasteiger charge is 2.24. The Bertz CT molecular complexity index is 5470. The van der Waals surface area contributed by atoms with E-state index in [4.69, 9.17) is 18.8 Å². The molecule has 4 heterocycles. The summed E-state index contributed by atoms with van der Waals surface area (Å²) in [6.45, 7) is 8.28. The number of benzene rings is 12. The van der Waals surface area contributed by atoms with E-state index in [1.54, 1.807) is 0 Å². The summed E-state index contributed by atoms with van der Waals surface area (Å²) in [5.74, 6) is 0.0203. The predicted octanol–water partition coefficient (Wildman–Crippen LogP) is 24.6. The van der Waals surface area contributed by atoms with E-state index < -0.39 is 0 Å². The molecule has 0 aliphatic rings. The fourth-order valence-electron chi connectivity index (χ4n) is 14.7. The van der Waals surface area contributed by atoms with Gasteiger partial charge in [-0.2, -0.15) is 0 Å². The van der Waals surface area contributed by atoms with E-state index in [9.17, 15) is 9.90 Å². The van der Waals surface area contributed by atoms with E-state index >= 15 is 0 Å². The molecule has 0 spiro atoms. The van der Waals surface area contributed by atoms with Crippen LogP contribution in [-0.2, 0) is 11.2 Å². The average Bonchev–Trinajstić information content (AvgIpc) is 1.15. The van der Waals surface area contributed by atoms with Crippen LogP contribution in [0.15, 0.2) is 294 Å². The maximum absolute atomic E-state index is 13.8. The van der Waals surface area contributed by atoms with Crippen molar-refractivity contribution in [2.75, 3.05) is 0 Å². The van der Waals surface area contributed by atoms with E-state index in [-0.39, 0.29) is 23.9 Å². The maximum atomic E-state index is 13.8. The van der Waals surface area contributed by atoms with Crippen LogP contribution in [0.25, 0.3) is 166 Å². The Balaban J connectivity index is 0.917. The van der Waals surface area contributed by atoms with E-state index in [0.29, 0.717) is 6.42 Å². The Morgan fingerprint density at radius 1 is 0.375 bits per heavy atom. The first kappa shape index (κ1) is 59.3. The number of carbonyl (C=O) groups excluding carboxylic acids is 1. The molecule has 0 amide bonds. The van der Waals surface area contributed by atoms with Gasteiger partial charge in [-0.15, -0.1) is 0 Å². The lowest BCUT2D eigenvalue weighted by molar-refractivity contribution is -0.114. The number of fused-ring (bicyclic) bond motifs is 8. The van der Waals surface area contributed by atoms with Gasteiger partial charge in [0.25, 0.3) is 0 Å². The molecule has 0 atom stereocenters. The van der Waals surface area contributed by atoms with Gasteiger partial charge >= 0.3 is 0 Å². The highest BCUT2D eigenvalue weighted by atomic mass is 16.3. The zero-order chi connectivity index (χ0) is 65.0. The molecule has 16 aromatic rings. The van der Waals surface area contributed by atoms with Crippen LogP contribution in [-0.4, -0.2) is 20.9 Å². The zero-order valence-electron chi connectivity index (χ0n) is 54.0. The number of aliphatic hydroxyl groups excluding tert-OH is 1. The topological polar surface area (TPSA) is 89.4 Å². The fraction of sp³-hybridized carbons (Fsp3) is 0.100. The maximum Gasteiger partial charge on any atom is 0.159 e. The van der Waals surface area contributed by atoms with Crippen LogP contribution in [0.5, 0.6) is 0 Å². The van der Waals surface area contributed by atoms with Crippen molar-refractivity contribution in [1.82, 2.24) is 9.97 Å². The van der Waals surface area contributed by atoms with Crippen molar-refractivity contribution in [1.29, 1.82) is 0 Å². The number of aliphatic hydroxyl groups is 1. The van der Waals surface area contributed by atoms with Gasteiger partial charge in [-0.05, 0) is 194 Å². The lowest BCUT2D eigenvalue weighted by Gasteiger charge is -2.20. The number of furan rings is 2. The minimum atomic E-state index is -0.0913. The second kappa shape index (κ2) is 25.0. The van der Waals surface area contributed by atoms with Gasteiger partial charge in [-0.1, -0.05) is 220 Å². The first-order valence-electron chi connectivity index (χ1n) is 33.3. The molecule has 4 aromatic heterocycles. The van der Waals surface area contributed by atoms with Gasteiger partial charge in [0.15, 0.2) is 5.78 Å². The Kier molecular flexibility index (Phi) is 15.4. The van der Waals surface area contributed by atoms with Crippen LogP contribution < -0.4 is 0 Å². The molecular weight excluding hydrogens is 1170 g/mol. The van der Waals surface area contributed by atoms with Crippen LogP contribution in [0.1, 0.15) is 50.1 Å². The van der Waals surface area contributed by atoms with Crippen molar-refractivity contribution >= 4 is 71.2 Å². The number of rotatable bonds is 16. The molecule has 0 radical (unpaired) electrons. The van der Waals surface area contributed by atoms with E-state index in [0.717, 1.165) is 196 Å². The second-order valence-corrected chi connectivity index (χ2v) is 25.3. The number of hydrogen-bond donors (Lipinski definition) is 1. The van der Waals surface area contributed by atoms with Gasteiger partial charge in [-0.3, -0.25) is 14.8 Å². The molecule has 96 heavy (non-hydrogen) atoms. The zero-order valence-corrected chi connectivity index (χ0v) is 54.0. The predicted molar refractivity (Wildman–Crippen MR) is 398 cm³/mol. The van der Waals surface area contributed by atoms with Gasteiger partial charge in [0.1, 0.15) is 22.3 Å². The van der Waals surface area contributed by atoms with Crippen molar-refractivity contribution in [2.45, 2.75) is 53.4 Å². The third kappa shape index (κ3) is 10.8. The fourth-order valence-corrected chi connectivity index (χ4v) is 14.7. The summed E-state index contributed by atoms with van der Waals surface area (Å²) in [5.41, 5.74) is 24.8. The minimum Gasteiger partial charge on any atom is -0.512 e. The molecule has 6 heteroatoms. The molecule has 0 unspecified atom stereocenters. The summed E-state index contributed by atoms with van der Waals surface area (Å²) in [7, 11) is 0. The number of para-hydroxylation sites is 2. The Hall–Kier alpha value is -11.7. The van der Waals surface area contributed by atoms with Crippen molar-refractivity contribution in [3.05, 3.63) is 302 Å². The second-order valence-electron chi connectivity index (χ2n) is 25.3. The first-order chi connectivity index (χ1) is 47.1. The lowest BCUT2D eigenvalue weighted by atomic mass is 9.83. The van der Waals surface area contributed by atoms with Gasteiger partial charge in [-0.25, -0.2) is 0 Å². The number of ketones is 1. The SMILES string of the molecule is CCC(CC)/C(O)=C/C(=O)CCc1ccccc1-c1cc(-c2ccccc2-c2ccc(-c3cc4ccccc4c(C)n3)cc2-c2cccc3oc4ccccc4c23)cc(-c2ccccc2-c2ccc(-c3cc4ccccc4c(C)n3)cc2-c2cccc3oc4ccccc4c23)c1. The Morgan fingerprint density at radius 3 is 1.25 bits per heavy atom. The normalized spacial score (nSPS) is 11.9.